The number of hydrogen-bond acceptors (Lipinski definition) is 2. The van der Waals surface area contributed by atoms with Crippen molar-refractivity contribution < 1.29 is 17.9 Å². The predicted molar refractivity (Wildman–Crippen MR) is 153 cm³/mol. The second kappa shape index (κ2) is 10.9. The summed E-state index contributed by atoms with van der Waals surface area (Å²) in [6, 6.07) is 31.3. The summed E-state index contributed by atoms with van der Waals surface area (Å²) in [5, 5.41) is 0. The molecule has 0 amide bonds. The summed E-state index contributed by atoms with van der Waals surface area (Å²) in [5.41, 5.74) is 3.74. The normalized spacial score (nSPS) is 11.4. The van der Waals surface area contributed by atoms with Crippen molar-refractivity contribution in [2.24, 2.45) is 0 Å². The van der Waals surface area contributed by atoms with Crippen LogP contribution in [-0.4, -0.2) is 4.57 Å². The smallest absolute Gasteiger partial charge is 0.416 e. The minimum absolute atomic E-state index is 0.157. The molecule has 0 aliphatic carbocycles. The molecule has 0 unspecified atom stereocenters. The molecule has 0 fully saturated rings. The highest BCUT2D eigenvalue weighted by atomic mass is 19.4. The molecule has 0 radical (unpaired) electrons. The van der Waals surface area contributed by atoms with Crippen LogP contribution in [0.15, 0.2) is 108 Å². The summed E-state index contributed by atoms with van der Waals surface area (Å²) in [6.07, 6.45) is -4.65. The van der Waals surface area contributed by atoms with Crippen molar-refractivity contribution in [1.29, 1.82) is 0 Å². The summed E-state index contributed by atoms with van der Waals surface area (Å²) >= 11 is 0. The largest absolute Gasteiger partial charge is 0.457 e. The molecule has 5 aromatic rings. The minimum Gasteiger partial charge on any atom is -0.457 e. The predicted octanol–water partition coefficient (Wildman–Crippen LogP) is 8.97. The average Bonchev–Trinajstić information content (AvgIpc) is 2.93. The van der Waals surface area contributed by atoms with E-state index in [-0.39, 0.29) is 17.8 Å². The third-order valence-electron chi connectivity index (χ3n) is 7.00. The number of aryl methyl sites for hydroxylation is 2. The molecule has 202 valence electrons. The Hall–Kier alpha value is -4.58. The molecular weight excluding hydrogens is 511 g/mol. The van der Waals surface area contributed by atoms with E-state index in [4.69, 9.17) is 4.74 Å². The van der Waals surface area contributed by atoms with E-state index in [9.17, 15) is 18.0 Å². The molecule has 4 aromatic carbocycles. The maximum Gasteiger partial charge on any atom is 0.416 e. The van der Waals surface area contributed by atoms with Gasteiger partial charge in [-0.25, -0.2) is 0 Å². The topological polar surface area (TPSA) is 31.2 Å². The van der Waals surface area contributed by atoms with E-state index in [0.717, 1.165) is 33.9 Å². The average molecular weight is 540 g/mol. The maximum atomic E-state index is 13.9. The van der Waals surface area contributed by atoms with Gasteiger partial charge in [0.1, 0.15) is 11.5 Å². The Morgan fingerprint density at radius 1 is 0.700 bits per heavy atom. The van der Waals surface area contributed by atoms with Gasteiger partial charge in [0.2, 0.25) is 0 Å². The van der Waals surface area contributed by atoms with E-state index in [1.54, 1.807) is 24.3 Å². The second-order valence-electron chi connectivity index (χ2n) is 9.91. The van der Waals surface area contributed by atoms with Crippen molar-refractivity contribution in [2.75, 3.05) is 0 Å². The van der Waals surface area contributed by atoms with Crippen LogP contribution in [0.25, 0.3) is 22.4 Å². The maximum absolute atomic E-state index is 13.9. The summed E-state index contributed by atoms with van der Waals surface area (Å²) in [5.74, 6) is 1.16. The van der Waals surface area contributed by atoms with Gasteiger partial charge in [0, 0.05) is 5.56 Å². The first kappa shape index (κ1) is 27.0. The van der Waals surface area contributed by atoms with E-state index >= 15 is 0 Å². The fourth-order valence-electron chi connectivity index (χ4n) is 4.83. The van der Waals surface area contributed by atoms with Gasteiger partial charge in [-0.05, 0) is 91.1 Å². The molecule has 1 aromatic heterocycles. The fraction of sp³-hybridized carbons (Fsp3) is 0.147. The van der Waals surface area contributed by atoms with Crippen molar-refractivity contribution in [3.8, 4) is 33.9 Å². The molecule has 0 saturated carbocycles. The van der Waals surface area contributed by atoms with E-state index in [1.165, 1.54) is 11.5 Å². The number of benzene rings is 4. The van der Waals surface area contributed by atoms with Crippen LogP contribution in [0.1, 0.15) is 27.8 Å². The number of hydrogen-bond donors (Lipinski definition) is 0. The van der Waals surface area contributed by atoms with Crippen LogP contribution in [0.4, 0.5) is 13.2 Å². The zero-order chi connectivity index (χ0) is 28.4. The molecule has 3 nitrogen and oxygen atoms in total. The Bertz CT molecular complexity index is 1720. The third-order valence-corrected chi connectivity index (χ3v) is 7.00. The molecule has 5 rings (SSSR count). The zero-order valence-electron chi connectivity index (χ0n) is 22.4. The SMILES string of the molecule is Cc1ccc(Cn2c(-c3ccc(Oc4cccc(-c5ccccc5)c4)cc3)cc(C(F)(F)F)c(C)c2=O)c(C)c1. The summed E-state index contributed by atoms with van der Waals surface area (Å²) in [6.45, 7) is 5.29. The van der Waals surface area contributed by atoms with Gasteiger partial charge in [-0.2, -0.15) is 13.2 Å². The highest BCUT2D eigenvalue weighted by Crippen LogP contribution is 2.35. The third kappa shape index (κ3) is 5.71. The van der Waals surface area contributed by atoms with Crippen LogP contribution in [0, 0.1) is 20.8 Å². The van der Waals surface area contributed by atoms with Gasteiger partial charge in [-0.15, -0.1) is 0 Å². The molecule has 1 heterocycles. The van der Waals surface area contributed by atoms with Crippen LogP contribution in [-0.2, 0) is 12.7 Å². The fourth-order valence-corrected chi connectivity index (χ4v) is 4.83. The van der Waals surface area contributed by atoms with E-state index in [1.807, 2.05) is 86.6 Å². The van der Waals surface area contributed by atoms with E-state index < -0.39 is 17.3 Å². The number of rotatable bonds is 6. The van der Waals surface area contributed by atoms with Gasteiger partial charge >= 0.3 is 6.18 Å². The molecule has 0 spiro atoms. The first-order valence-electron chi connectivity index (χ1n) is 12.9. The molecule has 6 heteroatoms. The first-order chi connectivity index (χ1) is 19.1. The van der Waals surface area contributed by atoms with Crippen LogP contribution in [0.5, 0.6) is 11.5 Å². The Kier molecular flexibility index (Phi) is 7.35. The number of aromatic nitrogens is 1. The lowest BCUT2D eigenvalue weighted by molar-refractivity contribution is -0.138. The monoisotopic (exact) mass is 539 g/mol. The van der Waals surface area contributed by atoms with Crippen molar-refractivity contribution in [2.45, 2.75) is 33.5 Å². The second-order valence-corrected chi connectivity index (χ2v) is 9.91. The number of halogens is 3. The van der Waals surface area contributed by atoms with Gasteiger partial charge < -0.3 is 9.30 Å². The van der Waals surface area contributed by atoms with Gasteiger partial charge in [0.25, 0.3) is 5.56 Å². The van der Waals surface area contributed by atoms with Crippen molar-refractivity contribution in [3.63, 3.8) is 0 Å². The summed E-state index contributed by atoms with van der Waals surface area (Å²) < 4.78 is 49.1. The van der Waals surface area contributed by atoms with E-state index in [0.29, 0.717) is 17.1 Å². The molecule has 0 bridgehead atoms. The molecule has 0 atom stereocenters. The van der Waals surface area contributed by atoms with Crippen LogP contribution in [0.2, 0.25) is 0 Å². The number of nitrogens with zero attached hydrogens (tertiary/aromatic N) is 1. The van der Waals surface area contributed by atoms with Gasteiger partial charge in [0.15, 0.2) is 0 Å². The number of pyridine rings is 1. The summed E-state index contributed by atoms with van der Waals surface area (Å²) in [4.78, 5) is 13.3. The Morgan fingerprint density at radius 3 is 2.08 bits per heavy atom. The molecule has 0 N–H and O–H groups in total. The lowest BCUT2D eigenvalue weighted by Gasteiger charge is -2.19. The molecular formula is C34H28F3NO2. The highest BCUT2D eigenvalue weighted by molar-refractivity contribution is 5.66. The Balaban J connectivity index is 1.51. The van der Waals surface area contributed by atoms with Gasteiger partial charge in [-0.1, -0.05) is 66.2 Å². The van der Waals surface area contributed by atoms with Gasteiger partial charge in [-0.3, -0.25) is 4.79 Å². The van der Waals surface area contributed by atoms with Crippen LogP contribution >= 0.6 is 0 Å². The first-order valence-corrected chi connectivity index (χ1v) is 12.9. The number of alkyl halides is 3. The van der Waals surface area contributed by atoms with Crippen LogP contribution < -0.4 is 10.3 Å². The standard InChI is InChI=1S/C34H28F3NO2/c1-22-12-13-28(23(2)18-22)21-38-32(20-31(34(35,36)37)24(3)33(38)39)26-14-16-29(17-15-26)40-30-11-7-10-27(19-30)25-8-5-4-6-9-25/h4-20H,21H2,1-3H3. The lowest BCUT2D eigenvalue weighted by atomic mass is 10.0. The molecule has 40 heavy (non-hydrogen) atoms. The lowest BCUT2D eigenvalue weighted by Crippen LogP contribution is -2.28. The number of ether oxygens (including phenoxy) is 1. The minimum atomic E-state index is -4.65. The Morgan fingerprint density at radius 2 is 1.40 bits per heavy atom. The molecule has 0 aliphatic rings. The van der Waals surface area contributed by atoms with Crippen LogP contribution in [0.3, 0.4) is 0 Å². The molecule has 0 saturated heterocycles. The van der Waals surface area contributed by atoms with Crippen molar-refractivity contribution >= 4 is 0 Å². The highest BCUT2D eigenvalue weighted by Gasteiger charge is 2.35. The van der Waals surface area contributed by atoms with Gasteiger partial charge in [0.05, 0.1) is 17.8 Å². The quantitative estimate of drug-likeness (QED) is 0.216. The molecule has 0 aliphatic heterocycles. The van der Waals surface area contributed by atoms with E-state index in [2.05, 4.69) is 0 Å². The summed E-state index contributed by atoms with van der Waals surface area (Å²) in [7, 11) is 0. The Labute approximate surface area is 231 Å². The zero-order valence-corrected chi connectivity index (χ0v) is 22.4. The van der Waals surface area contributed by atoms with Crippen molar-refractivity contribution in [1.82, 2.24) is 4.57 Å². The van der Waals surface area contributed by atoms with Crippen molar-refractivity contribution in [3.05, 3.63) is 141 Å².